The van der Waals surface area contributed by atoms with Gasteiger partial charge in [-0.25, -0.2) is 18.4 Å². The van der Waals surface area contributed by atoms with Crippen molar-refractivity contribution >= 4 is 72.8 Å². The lowest BCUT2D eigenvalue weighted by atomic mass is 10.1. The summed E-state index contributed by atoms with van der Waals surface area (Å²) in [5.74, 6) is -0.162. The molecular weight excluding hydrogens is 811 g/mol. The first kappa shape index (κ1) is 46.2. The number of aromatic nitrogens is 2. The maximum Gasteiger partial charge on any atom is 0.278 e. The van der Waals surface area contributed by atoms with Gasteiger partial charge in [0.15, 0.2) is 18.1 Å². The zero-order valence-electron chi connectivity index (χ0n) is 35.0. The predicted molar refractivity (Wildman–Crippen MR) is 241 cm³/mol. The second-order valence-corrected chi connectivity index (χ2v) is 18.0. The molecule has 4 aromatic rings. The Morgan fingerprint density at radius 1 is 0.949 bits per heavy atom. The highest BCUT2D eigenvalue weighted by Crippen LogP contribution is 2.40. The fourth-order valence-corrected chi connectivity index (χ4v) is 8.82. The Labute approximate surface area is 359 Å². The number of sulfonamides is 1. The average Bonchev–Trinajstić information content (AvgIpc) is 3.90. The quantitative estimate of drug-likeness (QED) is 0.0310. The molecule has 2 atom stereocenters. The van der Waals surface area contributed by atoms with Crippen LogP contribution < -0.4 is 24.8 Å². The molecule has 0 bridgehead atoms. The van der Waals surface area contributed by atoms with Gasteiger partial charge in [0.05, 0.1) is 47.2 Å². The minimum absolute atomic E-state index is 0.0257. The fourth-order valence-electron chi connectivity index (χ4n) is 7.52. The Morgan fingerprint density at radius 2 is 1.63 bits per heavy atom. The maximum atomic E-state index is 14.5. The highest BCUT2D eigenvalue weighted by atomic mass is 35.5. The minimum atomic E-state index is -3.40. The van der Waals surface area contributed by atoms with Gasteiger partial charge in [-0.3, -0.25) is 18.6 Å². The third-order valence-corrected chi connectivity index (χ3v) is 12.1. The van der Waals surface area contributed by atoms with Crippen LogP contribution >= 0.6 is 23.2 Å². The van der Waals surface area contributed by atoms with Gasteiger partial charge < -0.3 is 14.8 Å². The van der Waals surface area contributed by atoms with E-state index in [0.29, 0.717) is 54.3 Å². The predicted octanol–water partition coefficient (Wildman–Crippen LogP) is 9.32. The summed E-state index contributed by atoms with van der Waals surface area (Å²) in [6.45, 7) is 8.63. The summed E-state index contributed by atoms with van der Waals surface area (Å²) >= 11 is 13.0. The Kier molecular flexibility index (Phi) is 16.9. The number of benzene rings is 3. The number of fused-ring (bicyclic) bond motifs is 1. The van der Waals surface area contributed by atoms with Crippen LogP contribution in [0.2, 0.25) is 10.0 Å². The van der Waals surface area contributed by atoms with Crippen molar-refractivity contribution in [2.24, 2.45) is 4.99 Å². The smallest absolute Gasteiger partial charge is 0.278 e. The number of anilines is 1. The number of hydrogen-bond donors (Lipinski definition) is 2. The number of quaternary nitrogens is 1. The zero-order valence-corrected chi connectivity index (χ0v) is 37.3. The molecule has 1 amide bonds. The van der Waals surface area contributed by atoms with E-state index >= 15 is 0 Å². The van der Waals surface area contributed by atoms with Crippen LogP contribution in [-0.2, 0) is 26.1 Å². The lowest BCUT2D eigenvalue weighted by Gasteiger charge is -2.19. The number of methoxy groups -OCH3 is 1. The van der Waals surface area contributed by atoms with Gasteiger partial charge in [0.1, 0.15) is 11.4 Å². The van der Waals surface area contributed by atoms with Gasteiger partial charge in [-0.2, -0.15) is 4.72 Å². The number of unbranched alkanes of at least 4 members (excludes halogenated alkanes) is 9. The van der Waals surface area contributed by atoms with Gasteiger partial charge in [-0.1, -0.05) is 100 Å². The molecule has 12 nitrogen and oxygen atoms in total. The monoisotopic (exact) mass is 869 g/mol. The normalized spacial score (nSPS) is 16.7. The number of amides is 1. The van der Waals surface area contributed by atoms with E-state index in [2.05, 4.69) is 17.0 Å². The topological polar surface area (TPSA) is 141 Å². The Hall–Kier alpha value is -3.85. The number of nitrogens with one attached hydrogen (secondary N) is 2. The first-order chi connectivity index (χ1) is 28.3. The van der Waals surface area contributed by atoms with Crippen molar-refractivity contribution in [1.82, 2.24) is 18.8 Å². The number of rotatable bonds is 24. The molecule has 1 aromatic heterocycles. The van der Waals surface area contributed by atoms with Gasteiger partial charge in [-0.15, -0.1) is 0 Å². The van der Waals surface area contributed by atoms with Crippen molar-refractivity contribution < 1.29 is 22.7 Å². The van der Waals surface area contributed by atoms with Crippen LogP contribution in [0.3, 0.4) is 0 Å². The van der Waals surface area contributed by atoms with E-state index in [1.807, 2.05) is 26.0 Å². The van der Waals surface area contributed by atoms with Crippen LogP contribution in [0.5, 0.6) is 5.75 Å². The molecule has 1 aliphatic rings. The summed E-state index contributed by atoms with van der Waals surface area (Å²) in [5.41, 5.74) is 2.16. The molecule has 2 unspecified atom stereocenters. The molecular formula is C44H59Cl2N6O6S+. The van der Waals surface area contributed by atoms with Crippen LogP contribution in [0.15, 0.2) is 64.4 Å². The van der Waals surface area contributed by atoms with Crippen molar-refractivity contribution in [3.8, 4) is 5.75 Å². The summed E-state index contributed by atoms with van der Waals surface area (Å²) in [6.07, 6.45) is 13.8. The zero-order chi connectivity index (χ0) is 42.6. The number of aryl methyl sites for hydroxylation is 1. The van der Waals surface area contributed by atoms with Gasteiger partial charge >= 0.3 is 0 Å². The number of carbonyl (C=O) groups excluding carboxylic acids is 1. The summed E-state index contributed by atoms with van der Waals surface area (Å²) < 4.78 is 40.3. The largest absolute Gasteiger partial charge is 0.495 e. The second kappa shape index (κ2) is 21.6. The molecule has 0 spiro atoms. The first-order valence-corrected chi connectivity index (χ1v) is 23.4. The lowest BCUT2D eigenvalue weighted by molar-refractivity contribution is -0.110. The molecule has 1 saturated heterocycles. The summed E-state index contributed by atoms with van der Waals surface area (Å²) in [7, 11) is -1.89. The van der Waals surface area contributed by atoms with Crippen molar-refractivity contribution in [2.75, 3.05) is 45.0 Å². The minimum Gasteiger partial charge on any atom is -0.495 e. The average molecular weight is 871 g/mol. The molecule has 59 heavy (non-hydrogen) atoms. The number of halogens is 2. The van der Waals surface area contributed by atoms with Crippen LogP contribution in [0.1, 0.15) is 95.9 Å². The highest BCUT2D eigenvalue weighted by Gasteiger charge is 2.57. The van der Waals surface area contributed by atoms with Crippen molar-refractivity contribution in [3.05, 3.63) is 86.4 Å². The number of nitrogens with zero attached hydrogens (tertiary/aromatic N) is 4. The van der Waals surface area contributed by atoms with Gasteiger partial charge in [0.25, 0.3) is 11.5 Å². The van der Waals surface area contributed by atoms with E-state index in [9.17, 15) is 18.0 Å². The molecule has 320 valence electrons. The number of ether oxygens (including phenoxy) is 2. The molecule has 15 heteroatoms. The molecule has 0 saturated carbocycles. The molecule has 0 aliphatic carbocycles. The van der Waals surface area contributed by atoms with Gasteiger partial charge in [0.2, 0.25) is 16.2 Å². The van der Waals surface area contributed by atoms with Gasteiger partial charge in [-0.05, 0) is 62.6 Å². The van der Waals surface area contributed by atoms with Crippen LogP contribution in [0, 0.1) is 6.92 Å². The molecule has 1 fully saturated rings. The third-order valence-electron chi connectivity index (χ3n) is 10.9. The molecule has 2 heterocycles. The summed E-state index contributed by atoms with van der Waals surface area (Å²) in [5, 5.41) is 3.58. The second-order valence-electron chi connectivity index (χ2n) is 15.3. The third kappa shape index (κ3) is 12.4. The van der Waals surface area contributed by atoms with E-state index < -0.39 is 21.5 Å². The molecule has 3 aromatic carbocycles. The van der Waals surface area contributed by atoms with Crippen molar-refractivity contribution in [1.29, 1.82) is 0 Å². The number of para-hydroxylation sites is 2. The SMILES string of the molecule is CCCCCCCCCCCCOCCCn1c(C(=Nc2ccc([N+]3(CC)CC3NS(C)(=O)=O)cc2C)C(=O)Nc2ccccc2OC)nc2c(Cl)cc(Cl)cc2c1=O. The Morgan fingerprint density at radius 3 is 2.29 bits per heavy atom. The lowest BCUT2D eigenvalue weighted by Crippen LogP contribution is -2.38. The standard InChI is InChI=1S/C44H58Cl2N6O6S/c1-6-8-9-10-11-12-13-14-15-18-25-58-26-19-24-51-42(49-40-34(44(51)54)28-32(45)29-35(40)46)41(43(53)48-37-20-16-17-21-38(37)57-4)47-36-23-22-33(27-31(36)3)52(7-2)30-39(52)50-59(5,55)56/h16-17,20-23,27-29,39,50H,6-15,18-19,24-26,30H2,1-5H3/p+1. The van der Waals surface area contributed by atoms with Crippen LogP contribution in [0.25, 0.3) is 10.9 Å². The molecule has 2 N–H and O–H groups in total. The molecule has 1 aliphatic heterocycles. The van der Waals surface area contributed by atoms with E-state index in [4.69, 9.17) is 42.7 Å². The fraction of sp³-hybridized carbons (Fsp3) is 0.500. The molecule has 5 rings (SSSR count). The first-order valence-electron chi connectivity index (χ1n) is 20.8. The Balaban J connectivity index is 1.44. The van der Waals surface area contributed by atoms with E-state index in [0.717, 1.165) is 30.3 Å². The number of hydrogen-bond acceptors (Lipinski definition) is 8. The summed E-state index contributed by atoms with van der Waals surface area (Å²) in [4.78, 5) is 38.6. The number of aliphatic imine (C=N–C) groups is 1. The number of likely N-dealkylation sites (N-methyl/N-ethyl adjacent to an activating group) is 1. The van der Waals surface area contributed by atoms with Gasteiger partial charge in [0, 0.05) is 36.9 Å². The van der Waals surface area contributed by atoms with E-state index in [1.165, 1.54) is 75.2 Å². The summed E-state index contributed by atoms with van der Waals surface area (Å²) in [6, 6.07) is 15.7. The number of carbonyl (C=O) groups is 1. The van der Waals surface area contributed by atoms with Crippen LogP contribution in [0.4, 0.5) is 17.1 Å². The Bertz CT molecular complexity index is 2280. The highest BCUT2D eigenvalue weighted by molar-refractivity contribution is 7.88. The maximum absolute atomic E-state index is 14.5. The van der Waals surface area contributed by atoms with E-state index in [-0.39, 0.29) is 45.2 Å². The van der Waals surface area contributed by atoms with Crippen molar-refractivity contribution in [3.63, 3.8) is 0 Å². The van der Waals surface area contributed by atoms with E-state index in [1.54, 1.807) is 30.3 Å². The van der Waals surface area contributed by atoms with Crippen LogP contribution in [-0.4, -0.2) is 75.4 Å². The van der Waals surface area contributed by atoms with Crippen molar-refractivity contribution in [2.45, 2.75) is 104 Å². The molecule has 0 radical (unpaired) electrons.